The molecule has 1 spiro atoms. The molecule has 4 aliphatic heterocycles. The molecule has 0 N–H and O–H groups in total. The molecule has 206 valence electrons. The third-order valence-electron chi connectivity index (χ3n) is 8.33. The maximum Gasteiger partial charge on any atom is 0.278 e. The van der Waals surface area contributed by atoms with Crippen molar-refractivity contribution in [2.24, 2.45) is 5.92 Å². The number of halogens is 4. The van der Waals surface area contributed by atoms with Crippen molar-refractivity contribution in [1.82, 2.24) is 19.6 Å². The monoisotopic (exact) mass is 568 g/mol. The number of allylic oxidation sites excluding steroid dienone is 1. The minimum Gasteiger partial charge on any atom is -0.379 e. The Bertz CT molecular complexity index is 1210. The second-order valence-electron chi connectivity index (χ2n) is 10.7. The van der Waals surface area contributed by atoms with Gasteiger partial charge in [-0.2, -0.15) is 5.10 Å². The van der Waals surface area contributed by atoms with Crippen LogP contribution in [-0.4, -0.2) is 82.4 Å². The summed E-state index contributed by atoms with van der Waals surface area (Å²) in [6.07, 6.45) is 4.77. The van der Waals surface area contributed by atoms with E-state index >= 15 is 4.39 Å². The summed E-state index contributed by atoms with van der Waals surface area (Å²) in [4.78, 5) is 4.57. The van der Waals surface area contributed by atoms with Gasteiger partial charge in [0.25, 0.3) is 5.92 Å². The predicted molar refractivity (Wildman–Crippen MR) is 141 cm³/mol. The van der Waals surface area contributed by atoms with Crippen molar-refractivity contribution in [2.45, 2.75) is 49.6 Å². The van der Waals surface area contributed by atoms with Crippen LogP contribution in [0.1, 0.15) is 29.7 Å². The van der Waals surface area contributed by atoms with E-state index in [4.69, 9.17) is 21.1 Å². The molecular formula is C27H32ClF3N4O2S. The van der Waals surface area contributed by atoms with Gasteiger partial charge in [-0.15, -0.1) is 11.8 Å². The zero-order valence-corrected chi connectivity index (χ0v) is 22.9. The molecule has 38 heavy (non-hydrogen) atoms. The number of alkyl halides is 2. The minimum atomic E-state index is -2.89. The van der Waals surface area contributed by atoms with Crippen LogP contribution in [0.5, 0.6) is 0 Å². The summed E-state index contributed by atoms with van der Waals surface area (Å²) in [5.74, 6) is -4.07. The first-order chi connectivity index (χ1) is 18.2. The Kier molecular flexibility index (Phi) is 7.33. The third-order valence-corrected chi connectivity index (χ3v) is 10.1. The second kappa shape index (κ2) is 10.4. The molecule has 0 radical (unpaired) electrons. The summed E-state index contributed by atoms with van der Waals surface area (Å²) in [6, 6.07) is 5.17. The van der Waals surface area contributed by atoms with E-state index in [1.165, 1.54) is 23.9 Å². The lowest BCUT2D eigenvalue weighted by atomic mass is 9.77. The van der Waals surface area contributed by atoms with Crippen molar-refractivity contribution >= 4 is 23.4 Å². The summed E-state index contributed by atoms with van der Waals surface area (Å²) in [5, 5.41) is 4.32. The van der Waals surface area contributed by atoms with Crippen LogP contribution in [-0.2, 0) is 22.6 Å². The van der Waals surface area contributed by atoms with Gasteiger partial charge in [-0.25, -0.2) is 17.9 Å². The maximum atomic E-state index is 15.1. The van der Waals surface area contributed by atoms with Crippen LogP contribution < -0.4 is 0 Å². The van der Waals surface area contributed by atoms with E-state index in [-0.39, 0.29) is 11.1 Å². The summed E-state index contributed by atoms with van der Waals surface area (Å²) in [7, 11) is 0. The molecule has 2 atom stereocenters. The standard InChI is InChI=1S/C27H32ClF3N4O2S/c1-18-20(16-35(32-18)24-19(3-2-4-22(24)29)14-34-9-11-36-12-10-34)15-33-7-5-26(6-8-33)25-21(13-23(28)38-25)27(30,31)17-37-26/h2-4,13,16,21,25H,5-12,14-15,17H2,1H3. The van der Waals surface area contributed by atoms with Crippen LogP contribution >= 0.6 is 23.4 Å². The molecule has 0 saturated carbocycles. The molecule has 1 aromatic carbocycles. The van der Waals surface area contributed by atoms with Crippen LogP contribution in [0.4, 0.5) is 13.2 Å². The number of aryl methyl sites for hydroxylation is 1. The molecule has 4 aliphatic rings. The lowest BCUT2D eigenvalue weighted by Gasteiger charge is -2.51. The molecule has 0 bridgehead atoms. The first kappa shape index (κ1) is 26.7. The zero-order valence-electron chi connectivity index (χ0n) is 21.3. The lowest BCUT2D eigenvalue weighted by Crippen LogP contribution is -2.61. The number of piperidine rings is 1. The van der Waals surface area contributed by atoms with Crippen LogP contribution in [0, 0.1) is 18.7 Å². The van der Waals surface area contributed by atoms with E-state index in [1.54, 1.807) is 10.7 Å². The van der Waals surface area contributed by atoms with E-state index in [2.05, 4.69) is 14.9 Å². The van der Waals surface area contributed by atoms with Crippen molar-refractivity contribution in [1.29, 1.82) is 0 Å². The van der Waals surface area contributed by atoms with Gasteiger partial charge in [0.15, 0.2) is 0 Å². The Morgan fingerprint density at radius 2 is 1.79 bits per heavy atom. The highest BCUT2D eigenvalue weighted by molar-refractivity contribution is 8.05. The molecule has 2 unspecified atom stereocenters. The van der Waals surface area contributed by atoms with Crippen LogP contribution in [0.15, 0.2) is 34.8 Å². The highest BCUT2D eigenvalue weighted by Gasteiger charge is 2.60. The molecule has 6 rings (SSSR count). The number of thioether (sulfide) groups is 1. The molecule has 0 amide bonds. The average Bonchev–Trinajstić information content (AvgIpc) is 3.47. The molecule has 5 heterocycles. The van der Waals surface area contributed by atoms with Crippen LogP contribution in [0.2, 0.25) is 0 Å². The fourth-order valence-electron chi connectivity index (χ4n) is 6.13. The number of nitrogens with zero attached hydrogens (tertiary/aromatic N) is 4. The molecule has 1 aromatic heterocycles. The predicted octanol–water partition coefficient (Wildman–Crippen LogP) is 4.96. The normalized spacial score (nSPS) is 27.4. The SMILES string of the molecule is Cc1nn(-c2c(F)cccc2CN2CCOCC2)cc1CN1CCC2(CC1)OCC(F)(F)C1C=C(Cl)SC12. The highest BCUT2D eigenvalue weighted by atomic mass is 35.5. The van der Waals surface area contributed by atoms with Crippen molar-refractivity contribution in [2.75, 3.05) is 46.0 Å². The zero-order chi connectivity index (χ0) is 26.5. The van der Waals surface area contributed by atoms with Gasteiger partial charge in [-0.05, 0) is 37.5 Å². The number of hydrogen-bond donors (Lipinski definition) is 0. The maximum absolute atomic E-state index is 15.1. The Morgan fingerprint density at radius 1 is 1.08 bits per heavy atom. The molecule has 6 nitrogen and oxygen atoms in total. The number of aromatic nitrogens is 2. The van der Waals surface area contributed by atoms with Crippen molar-refractivity contribution in [3.8, 4) is 5.69 Å². The Morgan fingerprint density at radius 3 is 2.55 bits per heavy atom. The summed E-state index contributed by atoms with van der Waals surface area (Å²) >= 11 is 7.50. The van der Waals surface area contributed by atoms with E-state index in [0.29, 0.717) is 49.2 Å². The number of ether oxygens (including phenoxy) is 2. The third kappa shape index (κ3) is 5.04. The number of morpholine rings is 1. The fourth-order valence-corrected chi connectivity index (χ4v) is 7.96. The van der Waals surface area contributed by atoms with Crippen LogP contribution in [0.25, 0.3) is 5.69 Å². The van der Waals surface area contributed by atoms with Crippen molar-refractivity contribution < 1.29 is 22.6 Å². The van der Waals surface area contributed by atoms with E-state index < -0.39 is 24.0 Å². The Labute approximate surface area is 230 Å². The summed E-state index contributed by atoms with van der Waals surface area (Å²) < 4.78 is 57.6. The largest absolute Gasteiger partial charge is 0.379 e. The Hall–Kier alpha value is -1.56. The first-order valence-corrected chi connectivity index (χ1v) is 14.4. The highest BCUT2D eigenvalue weighted by Crippen LogP contribution is 2.56. The number of hydrogen-bond acceptors (Lipinski definition) is 6. The quantitative estimate of drug-likeness (QED) is 0.508. The van der Waals surface area contributed by atoms with Gasteiger partial charge in [0.1, 0.15) is 18.1 Å². The van der Waals surface area contributed by atoms with Gasteiger partial charge in [0.05, 0.1) is 40.0 Å². The van der Waals surface area contributed by atoms with Gasteiger partial charge in [0.2, 0.25) is 0 Å². The second-order valence-corrected chi connectivity index (χ2v) is 12.6. The lowest BCUT2D eigenvalue weighted by molar-refractivity contribution is -0.215. The topological polar surface area (TPSA) is 42.8 Å². The molecular weight excluding hydrogens is 537 g/mol. The van der Waals surface area contributed by atoms with E-state index in [1.807, 2.05) is 19.2 Å². The van der Waals surface area contributed by atoms with Gasteiger partial charge < -0.3 is 9.47 Å². The van der Waals surface area contributed by atoms with Crippen LogP contribution in [0.3, 0.4) is 0 Å². The number of benzene rings is 1. The van der Waals surface area contributed by atoms with Gasteiger partial charge in [0, 0.05) is 51.0 Å². The number of fused-ring (bicyclic) bond motifs is 2. The minimum absolute atomic E-state index is 0.299. The van der Waals surface area contributed by atoms with Gasteiger partial charge in [-0.3, -0.25) is 9.80 Å². The van der Waals surface area contributed by atoms with E-state index in [9.17, 15) is 8.78 Å². The summed E-state index contributed by atoms with van der Waals surface area (Å²) in [5.41, 5.74) is 2.65. The molecule has 11 heteroatoms. The number of para-hydroxylation sites is 1. The van der Waals surface area contributed by atoms with Gasteiger partial charge in [-0.1, -0.05) is 23.7 Å². The van der Waals surface area contributed by atoms with E-state index in [0.717, 1.165) is 43.0 Å². The van der Waals surface area contributed by atoms with Crippen molar-refractivity contribution in [3.05, 3.63) is 57.5 Å². The first-order valence-electron chi connectivity index (χ1n) is 13.2. The molecule has 0 aliphatic carbocycles. The molecule has 3 fully saturated rings. The fraction of sp³-hybridized carbons (Fsp3) is 0.593. The Balaban J connectivity index is 1.15. The summed E-state index contributed by atoms with van der Waals surface area (Å²) in [6.45, 7) is 7.13. The molecule has 2 aromatic rings. The number of likely N-dealkylation sites (tertiary alicyclic amines) is 1. The number of rotatable bonds is 5. The molecule has 3 saturated heterocycles. The van der Waals surface area contributed by atoms with Gasteiger partial charge >= 0.3 is 0 Å². The smallest absolute Gasteiger partial charge is 0.278 e. The van der Waals surface area contributed by atoms with Crippen molar-refractivity contribution in [3.63, 3.8) is 0 Å². The average molecular weight is 569 g/mol.